The second kappa shape index (κ2) is 6.40. The zero-order valence-corrected chi connectivity index (χ0v) is 15.7. The van der Waals surface area contributed by atoms with Gasteiger partial charge < -0.3 is 9.47 Å². The summed E-state index contributed by atoms with van der Waals surface area (Å²) in [7, 11) is 0. The third kappa shape index (κ3) is 3.75. The quantitative estimate of drug-likeness (QED) is 0.558. The second-order valence-electron chi connectivity index (χ2n) is 9.23. The van der Waals surface area contributed by atoms with Gasteiger partial charge >= 0.3 is 11.9 Å². The Morgan fingerprint density at radius 2 is 1.76 bits per heavy atom. The second-order valence-corrected chi connectivity index (χ2v) is 9.23. The lowest BCUT2D eigenvalue weighted by Crippen LogP contribution is -2.54. The van der Waals surface area contributed by atoms with Crippen molar-refractivity contribution in [3.8, 4) is 0 Å². The Labute approximate surface area is 149 Å². The molecule has 4 nitrogen and oxygen atoms in total. The first-order valence-electron chi connectivity index (χ1n) is 9.41. The largest absolute Gasteiger partial charge is 0.461 e. The molecular weight excluding hydrogens is 323 g/mol. The number of ether oxygens (including phenoxy) is 2. The average Bonchev–Trinajstić information content (AvgIpc) is 2.43. The molecule has 0 spiro atoms. The van der Waals surface area contributed by atoms with E-state index in [1.165, 1.54) is 0 Å². The van der Waals surface area contributed by atoms with Crippen molar-refractivity contribution in [3.05, 3.63) is 11.4 Å². The van der Waals surface area contributed by atoms with E-state index in [-0.39, 0.29) is 29.8 Å². The molecule has 0 aromatic carbocycles. The van der Waals surface area contributed by atoms with Gasteiger partial charge in [0.15, 0.2) is 0 Å². The summed E-state index contributed by atoms with van der Waals surface area (Å²) in [6.07, 6.45) is 4.31. The molecule has 4 aliphatic carbocycles. The summed E-state index contributed by atoms with van der Waals surface area (Å²) in [5, 5.41) is 0. The molecule has 0 amide bonds. The van der Waals surface area contributed by atoms with E-state index in [4.69, 9.17) is 9.47 Å². The van der Waals surface area contributed by atoms with E-state index in [0.717, 1.165) is 19.3 Å². The molecule has 2 atom stereocenters. The van der Waals surface area contributed by atoms with Crippen LogP contribution in [0.2, 0.25) is 0 Å². The normalized spacial score (nSPS) is 33.3. The molecule has 0 aromatic heterocycles. The molecule has 0 saturated heterocycles. The molecule has 140 valence electrons. The number of esters is 2. The molecule has 4 fully saturated rings. The van der Waals surface area contributed by atoms with Crippen molar-refractivity contribution in [1.82, 2.24) is 0 Å². The lowest BCUT2D eigenvalue weighted by Gasteiger charge is -2.56. The lowest BCUT2D eigenvalue weighted by atomic mass is 9.52. The van der Waals surface area contributed by atoms with Gasteiger partial charge in [0.25, 0.3) is 0 Å². The number of carbonyl (C=O) groups is 2. The van der Waals surface area contributed by atoms with Crippen molar-refractivity contribution in [1.29, 1.82) is 0 Å². The summed E-state index contributed by atoms with van der Waals surface area (Å²) in [6.45, 7) is 7.90. The molecule has 2 unspecified atom stereocenters. The fourth-order valence-corrected chi connectivity index (χ4v) is 5.22. The van der Waals surface area contributed by atoms with Gasteiger partial charge in [-0.15, -0.1) is 0 Å². The topological polar surface area (TPSA) is 52.6 Å². The Hall–Kier alpha value is -1.39. The number of allylic oxidation sites excluding steroid dienone is 1. The predicted molar refractivity (Wildman–Crippen MR) is 91.2 cm³/mol. The first kappa shape index (κ1) is 18.4. The maximum Gasteiger partial charge on any atom is 0.367 e. The summed E-state index contributed by atoms with van der Waals surface area (Å²) in [5.41, 5.74) is 0.0504. The molecule has 0 radical (unpaired) electrons. The van der Waals surface area contributed by atoms with E-state index in [0.29, 0.717) is 30.8 Å². The predicted octanol–water partition coefficient (Wildman–Crippen LogP) is 4.33. The molecule has 4 saturated carbocycles. The Morgan fingerprint density at radius 1 is 1.16 bits per heavy atom. The molecule has 0 N–H and O–H groups in total. The summed E-state index contributed by atoms with van der Waals surface area (Å²) >= 11 is 0. The van der Waals surface area contributed by atoms with E-state index in [1.807, 2.05) is 20.8 Å². The first-order chi connectivity index (χ1) is 11.6. The van der Waals surface area contributed by atoms with Crippen LogP contribution in [0.5, 0.6) is 0 Å². The van der Waals surface area contributed by atoms with Crippen LogP contribution in [0.25, 0.3) is 0 Å². The van der Waals surface area contributed by atoms with Crippen LogP contribution >= 0.6 is 0 Å². The maximum atomic E-state index is 14.6. The molecule has 0 aliphatic heterocycles. The van der Waals surface area contributed by atoms with Gasteiger partial charge in [0, 0.05) is 0 Å². The van der Waals surface area contributed by atoms with Crippen LogP contribution in [-0.4, -0.2) is 24.1 Å². The van der Waals surface area contributed by atoms with Crippen molar-refractivity contribution in [2.75, 3.05) is 6.61 Å². The summed E-state index contributed by atoms with van der Waals surface area (Å²) in [5.74, 6) is -1.25. The fraction of sp³-hybridized carbons (Fsp3) is 0.800. The minimum Gasteiger partial charge on any atom is -0.461 e. The molecule has 0 heterocycles. The van der Waals surface area contributed by atoms with Crippen molar-refractivity contribution < 1.29 is 23.5 Å². The van der Waals surface area contributed by atoms with Gasteiger partial charge in [-0.1, -0.05) is 20.8 Å². The van der Waals surface area contributed by atoms with Crippen molar-refractivity contribution in [3.63, 3.8) is 0 Å². The standard InChI is InChI=1S/C20H29FO4/c1-5-24-18(23)17(21)16-13-6-12-7-14(16)10-20(8-12,9-13)25-15(22)11-19(2,3)4/h12-14H,5-11H2,1-4H3. The van der Waals surface area contributed by atoms with Crippen LogP contribution in [0.4, 0.5) is 4.39 Å². The number of carbonyl (C=O) groups excluding carboxylic acids is 2. The van der Waals surface area contributed by atoms with Crippen LogP contribution in [0.15, 0.2) is 11.4 Å². The Morgan fingerprint density at radius 3 is 2.28 bits per heavy atom. The van der Waals surface area contributed by atoms with E-state index >= 15 is 0 Å². The molecule has 5 heteroatoms. The van der Waals surface area contributed by atoms with Crippen LogP contribution in [0.1, 0.15) is 66.2 Å². The van der Waals surface area contributed by atoms with Gasteiger partial charge in [-0.25, -0.2) is 4.79 Å². The fourth-order valence-electron chi connectivity index (χ4n) is 5.22. The molecule has 4 rings (SSSR count). The van der Waals surface area contributed by atoms with Crippen molar-refractivity contribution >= 4 is 11.9 Å². The molecular formula is C20H29FO4. The van der Waals surface area contributed by atoms with E-state index in [2.05, 4.69) is 0 Å². The minimum absolute atomic E-state index is 0.00177. The first-order valence-corrected chi connectivity index (χ1v) is 9.41. The van der Waals surface area contributed by atoms with E-state index < -0.39 is 17.4 Å². The SMILES string of the molecule is CCOC(=O)C(F)=C1C2CC3CC1CC(OC(=O)CC(C)(C)C)(C3)C2. The molecule has 0 aromatic rings. The summed E-state index contributed by atoms with van der Waals surface area (Å²) < 4.78 is 25.4. The number of hydrogen-bond donors (Lipinski definition) is 0. The maximum absolute atomic E-state index is 14.6. The number of hydrogen-bond acceptors (Lipinski definition) is 4. The highest BCUT2D eigenvalue weighted by molar-refractivity contribution is 5.87. The highest BCUT2D eigenvalue weighted by Gasteiger charge is 2.56. The van der Waals surface area contributed by atoms with E-state index in [1.54, 1.807) is 6.92 Å². The van der Waals surface area contributed by atoms with Crippen LogP contribution in [-0.2, 0) is 19.1 Å². The zero-order valence-electron chi connectivity index (χ0n) is 15.7. The van der Waals surface area contributed by atoms with Crippen molar-refractivity contribution in [2.45, 2.75) is 71.8 Å². The highest BCUT2D eigenvalue weighted by Crippen LogP contribution is 2.60. The summed E-state index contributed by atoms with van der Waals surface area (Å²) in [4.78, 5) is 24.2. The highest BCUT2D eigenvalue weighted by atomic mass is 19.1. The zero-order chi connectivity index (χ0) is 18.4. The average molecular weight is 352 g/mol. The minimum atomic E-state index is -0.844. The van der Waals surface area contributed by atoms with Gasteiger partial charge in [-0.05, 0) is 67.8 Å². The van der Waals surface area contributed by atoms with Crippen LogP contribution in [0.3, 0.4) is 0 Å². The van der Waals surface area contributed by atoms with Gasteiger partial charge in [0.2, 0.25) is 5.83 Å². The third-order valence-corrected chi connectivity index (χ3v) is 5.73. The van der Waals surface area contributed by atoms with Gasteiger partial charge in [-0.3, -0.25) is 4.79 Å². The Kier molecular flexibility index (Phi) is 4.71. The summed E-state index contributed by atoms with van der Waals surface area (Å²) in [6, 6.07) is 0. The molecule has 25 heavy (non-hydrogen) atoms. The van der Waals surface area contributed by atoms with Crippen LogP contribution < -0.4 is 0 Å². The van der Waals surface area contributed by atoms with Crippen molar-refractivity contribution in [2.24, 2.45) is 23.2 Å². The Balaban J connectivity index is 1.78. The monoisotopic (exact) mass is 352 g/mol. The van der Waals surface area contributed by atoms with Gasteiger partial charge in [0.05, 0.1) is 13.0 Å². The number of halogens is 1. The van der Waals surface area contributed by atoms with Gasteiger partial charge in [0.1, 0.15) is 5.60 Å². The van der Waals surface area contributed by atoms with E-state index in [9.17, 15) is 14.0 Å². The third-order valence-electron chi connectivity index (χ3n) is 5.73. The lowest BCUT2D eigenvalue weighted by molar-refractivity contribution is -0.182. The smallest absolute Gasteiger partial charge is 0.367 e. The molecule has 4 aliphatic rings. The van der Waals surface area contributed by atoms with Gasteiger partial charge in [-0.2, -0.15) is 4.39 Å². The Bertz CT molecular complexity index is 583. The molecule has 4 bridgehead atoms. The van der Waals surface area contributed by atoms with Crippen LogP contribution in [0, 0.1) is 23.2 Å². The number of rotatable bonds is 4.